The fraction of sp³-hybridized carbons (Fsp3) is 0.154. The van der Waals surface area contributed by atoms with E-state index in [9.17, 15) is 10.1 Å². The summed E-state index contributed by atoms with van der Waals surface area (Å²) in [7, 11) is 0. The molecule has 1 aromatic heterocycles. The number of non-ortho nitro benzene ring substituents is 1. The van der Waals surface area contributed by atoms with Crippen molar-refractivity contribution in [2.24, 2.45) is 5.10 Å². The van der Waals surface area contributed by atoms with Crippen LogP contribution in [0.1, 0.15) is 27.8 Å². The van der Waals surface area contributed by atoms with Crippen molar-refractivity contribution in [3.63, 3.8) is 0 Å². The predicted octanol–water partition coefficient (Wildman–Crippen LogP) is 4.88. The monoisotopic (exact) mass is 499 g/mol. The first-order chi connectivity index (χ1) is 17.5. The molecule has 0 radical (unpaired) electrons. The van der Waals surface area contributed by atoms with Crippen molar-refractivity contribution in [1.29, 1.82) is 0 Å². The summed E-state index contributed by atoms with van der Waals surface area (Å²) in [5.41, 5.74) is 12.4. The van der Waals surface area contributed by atoms with E-state index in [1.807, 2.05) is 34.1 Å². The smallest absolute Gasteiger partial charge is 0.266 e. The van der Waals surface area contributed by atoms with E-state index in [4.69, 9.17) is 5.10 Å². The Hall–Kier alpha value is -4.15. The van der Waals surface area contributed by atoms with Gasteiger partial charge in [-0.1, -0.05) is 48.5 Å². The van der Waals surface area contributed by atoms with E-state index in [0.717, 1.165) is 27.6 Å². The lowest BCUT2D eigenvalue weighted by atomic mass is 10.1. The zero-order valence-corrected chi connectivity index (χ0v) is 20.7. The van der Waals surface area contributed by atoms with E-state index in [2.05, 4.69) is 60.4 Å². The number of aryl methyl sites for hydroxylation is 2. The van der Waals surface area contributed by atoms with Crippen LogP contribution in [0.15, 0.2) is 89.1 Å². The summed E-state index contributed by atoms with van der Waals surface area (Å²) in [5.74, 6) is 1.47. The first kappa shape index (κ1) is 23.6. The quantitative estimate of drug-likeness (QED) is 0.203. The van der Waals surface area contributed by atoms with E-state index < -0.39 is 4.92 Å². The Morgan fingerprint density at radius 1 is 0.972 bits per heavy atom. The second kappa shape index (κ2) is 10.2. The topological polar surface area (TPSA) is 101 Å². The normalized spacial score (nSPS) is 12.9. The summed E-state index contributed by atoms with van der Waals surface area (Å²) in [4.78, 5) is 10.6. The Bertz CT molecular complexity index is 1420. The number of hydrazine groups is 2. The zero-order valence-electron chi connectivity index (χ0n) is 19.9. The van der Waals surface area contributed by atoms with Crippen LogP contribution in [0.5, 0.6) is 0 Å². The molecule has 36 heavy (non-hydrogen) atoms. The highest BCUT2D eigenvalue weighted by molar-refractivity contribution is 7.98. The molecule has 0 amide bonds. The molecule has 0 spiro atoms. The molecule has 10 heteroatoms. The maximum Gasteiger partial charge on any atom is 0.269 e. The molecule has 2 N–H and O–H groups in total. The Labute approximate surface area is 212 Å². The van der Waals surface area contributed by atoms with E-state index in [1.54, 1.807) is 23.9 Å². The second-order valence-electron chi connectivity index (χ2n) is 8.49. The second-order valence-corrected chi connectivity index (χ2v) is 9.45. The van der Waals surface area contributed by atoms with Crippen LogP contribution in [0, 0.1) is 24.0 Å². The van der Waals surface area contributed by atoms with Crippen LogP contribution in [0.4, 0.5) is 5.69 Å². The zero-order chi connectivity index (χ0) is 25.1. The molecule has 3 aromatic carbocycles. The van der Waals surface area contributed by atoms with Crippen LogP contribution in [-0.2, 0) is 12.3 Å². The van der Waals surface area contributed by atoms with Crippen LogP contribution >= 0.6 is 11.8 Å². The van der Waals surface area contributed by atoms with Crippen molar-refractivity contribution in [2.45, 2.75) is 31.2 Å². The third-order valence-corrected chi connectivity index (χ3v) is 7.15. The van der Waals surface area contributed by atoms with Gasteiger partial charge in [0, 0.05) is 17.9 Å². The number of nitrogens with one attached hydrogen (secondary N) is 2. The number of rotatable bonds is 8. The molecule has 0 saturated carbocycles. The van der Waals surface area contributed by atoms with Gasteiger partial charge in [-0.3, -0.25) is 15.1 Å². The summed E-state index contributed by atoms with van der Waals surface area (Å²) < 4.78 is 1.96. The van der Waals surface area contributed by atoms with E-state index in [-0.39, 0.29) is 5.69 Å². The molecule has 0 bridgehead atoms. The number of benzene rings is 3. The first-order valence-corrected chi connectivity index (χ1v) is 12.4. The maximum absolute atomic E-state index is 11.0. The molecular formula is C26H25N7O2S. The number of nitro groups is 1. The Morgan fingerprint density at radius 3 is 2.47 bits per heavy atom. The summed E-state index contributed by atoms with van der Waals surface area (Å²) in [6.07, 6.45) is 1.83. The molecule has 0 aliphatic carbocycles. The van der Waals surface area contributed by atoms with Gasteiger partial charge < -0.3 is 0 Å². The van der Waals surface area contributed by atoms with Crippen molar-refractivity contribution in [3.05, 3.63) is 117 Å². The summed E-state index contributed by atoms with van der Waals surface area (Å²) in [5, 5.41) is 23.1. The Morgan fingerprint density at radius 2 is 1.75 bits per heavy atom. The fourth-order valence-corrected chi connectivity index (χ4v) is 4.94. The molecule has 0 unspecified atom stereocenters. The number of nitro benzene ring substituents is 1. The standard InChI is InChI=1S/C26H25N7O2S/c1-18-8-11-23(14-19(18)2)32-26(36-17-21-6-4-3-5-7-21)24(15-27-32)25-28-29-30-31(25)16-20-9-12-22(13-10-20)33(34)35/h3-15,29-30H,16-17H2,1-2H3. The van der Waals surface area contributed by atoms with Gasteiger partial charge >= 0.3 is 0 Å². The molecule has 182 valence electrons. The summed E-state index contributed by atoms with van der Waals surface area (Å²) in [6.45, 7) is 4.65. The van der Waals surface area contributed by atoms with Crippen LogP contribution < -0.4 is 11.1 Å². The van der Waals surface area contributed by atoms with Crippen LogP contribution in [0.25, 0.3) is 5.69 Å². The molecular weight excluding hydrogens is 474 g/mol. The van der Waals surface area contributed by atoms with Gasteiger partial charge in [-0.25, -0.2) is 10.2 Å². The number of hydrogen-bond acceptors (Lipinski definition) is 8. The third kappa shape index (κ3) is 4.95. The number of hydrazone groups is 1. The predicted molar refractivity (Wildman–Crippen MR) is 140 cm³/mol. The largest absolute Gasteiger partial charge is 0.269 e. The Balaban J connectivity index is 1.47. The molecule has 5 rings (SSSR count). The van der Waals surface area contributed by atoms with E-state index >= 15 is 0 Å². The molecule has 2 heterocycles. The van der Waals surface area contributed by atoms with Gasteiger partial charge in [0.05, 0.1) is 28.9 Å². The van der Waals surface area contributed by atoms with Crippen molar-refractivity contribution in [1.82, 2.24) is 25.9 Å². The van der Waals surface area contributed by atoms with Gasteiger partial charge in [-0.2, -0.15) is 5.10 Å². The lowest BCUT2D eigenvalue weighted by molar-refractivity contribution is -0.384. The van der Waals surface area contributed by atoms with Crippen molar-refractivity contribution in [3.8, 4) is 5.69 Å². The van der Waals surface area contributed by atoms with Gasteiger partial charge in [0.15, 0.2) is 5.84 Å². The third-order valence-electron chi connectivity index (χ3n) is 6.01. The average molecular weight is 500 g/mol. The van der Waals surface area contributed by atoms with Gasteiger partial charge in [-0.05, 0) is 48.2 Å². The average Bonchev–Trinajstić information content (AvgIpc) is 3.52. The first-order valence-electron chi connectivity index (χ1n) is 11.4. The number of amidine groups is 1. The number of thioether (sulfide) groups is 1. The highest BCUT2D eigenvalue weighted by atomic mass is 32.2. The van der Waals surface area contributed by atoms with E-state index in [0.29, 0.717) is 12.4 Å². The van der Waals surface area contributed by atoms with E-state index in [1.165, 1.54) is 28.8 Å². The SMILES string of the molecule is Cc1ccc(-n2ncc(C3=NNNN3Cc3ccc([N+](=O)[O-])cc3)c2SCc2ccccc2)cc1C. The Kier molecular flexibility index (Phi) is 6.70. The van der Waals surface area contributed by atoms with Crippen molar-refractivity contribution < 1.29 is 4.92 Å². The van der Waals surface area contributed by atoms with Crippen LogP contribution in [0.3, 0.4) is 0 Å². The highest BCUT2D eigenvalue weighted by Gasteiger charge is 2.26. The van der Waals surface area contributed by atoms with Gasteiger partial charge in [0.1, 0.15) is 5.03 Å². The lowest BCUT2D eigenvalue weighted by Gasteiger charge is -2.19. The van der Waals surface area contributed by atoms with Gasteiger partial charge in [0.25, 0.3) is 5.69 Å². The van der Waals surface area contributed by atoms with Crippen LogP contribution in [0.2, 0.25) is 0 Å². The van der Waals surface area contributed by atoms with Crippen molar-refractivity contribution >= 4 is 23.3 Å². The summed E-state index contributed by atoms with van der Waals surface area (Å²) in [6, 6.07) is 23.2. The number of aromatic nitrogens is 2. The molecule has 0 saturated heterocycles. The fourth-order valence-electron chi connectivity index (χ4n) is 3.87. The molecule has 4 aromatic rings. The van der Waals surface area contributed by atoms with Crippen molar-refractivity contribution in [2.75, 3.05) is 0 Å². The van der Waals surface area contributed by atoms with Crippen LogP contribution in [-0.4, -0.2) is 25.5 Å². The summed E-state index contributed by atoms with van der Waals surface area (Å²) >= 11 is 1.70. The minimum atomic E-state index is -0.399. The molecule has 1 aliphatic heterocycles. The van der Waals surface area contributed by atoms with Gasteiger partial charge in [-0.15, -0.1) is 22.4 Å². The van der Waals surface area contributed by atoms with Gasteiger partial charge in [0.2, 0.25) is 0 Å². The minimum Gasteiger partial charge on any atom is -0.266 e. The number of hydrogen-bond donors (Lipinski definition) is 2. The highest BCUT2D eigenvalue weighted by Crippen LogP contribution is 2.31. The minimum absolute atomic E-state index is 0.0643. The lowest BCUT2D eigenvalue weighted by Crippen LogP contribution is -2.40. The maximum atomic E-state index is 11.0. The molecule has 0 atom stereocenters. The molecule has 1 aliphatic rings. The number of nitrogens with zero attached hydrogens (tertiary/aromatic N) is 5. The molecule has 9 nitrogen and oxygen atoms in total. The molecule has 0 fully saturated rings.